The summed E-state index contributed by atoms with van der Waals surface area (Å²) < 4.78 is 116. The molecule has 2 rings (SSSR count). The van der Waals surface area contributed by atoms with Gasteiger partial charge in [0.05, 0.1) is 5.71 Å². The van der Waals surface area contributed by atoms with Crippen molar-refractivity contribution in [2.45, 2.75) is 36.5 Å². The highest BCUT2D eigenvalue weighted by Crippen LogP contribution is 2.55. The molecule has 1 aliphatic heterocycles. The van der Waals surface area contributed by atoms with Gasteiger partial charge in [-0.1, -0.05) is 5.16 Å². The van der Waals surface area contributed by atoms with Gasteiger partial charge >= 0.3 is 23.9 Å². The maximum Gasteiger partial charge on any atom is 0.460 e. The smallest absolute Gasteiger partial charge is 0.385 e. The number of halogens is 9. The molecule has 3 nitrogen and oxygen atoms in total. The van der Waals surface area contributed by atoms with E-state index < -0.39 is 36.5 Å². The number of rotatable bonds is 4. The fourth-order valence-electron chi connectivity index (χ4n) is 1.87. The number of oxime groups is 1. The summed E-state index contributed by atoms with van der Waals surface area (Å²) in [5, 5.41) is 3.05. The van der Waals surface area contributed by atoms with E-state index in [2.05, 4.69) is 15.0 Å². The maximum absolute atomic E-state index is 13.7. The summed E-state index contributed by atoms with van der Waals surface area (Å²) in [6.07, 6.45) is -8.56. The first-order valence-corrected chi connectivity index (χ1v) is 6.15. The predicted molar refractivity (Wildman–Crippen MR) is 61.2 cm³/mol. The van der Waals surface area contributed by atoms with Crippen molar-refractivity contribution in [3.05, 3.63) is 30.1 Å². The van der Waals surface area contributed by atoms with Crippen LogP contribution in [0.5, 0.6) is 0 Å². The van der Waals surface area contributed by atoms with Gasteiger partial charge < -0.3 is 4.84 Å². The van der Waals surface area contributed by atoms with E-state index in [1.807, 2.05) is 0 Å². The third-order valence-corrected chi connectivity index (χ3v) is 3.24. The van der Waals surface area contributed by atoms with Crippen LogP contribution in [0.2, 0.25) is 0 Å². The first-order chi connectivity index (χ1) is 10.8. The van der Waals surface area contributed by atoms with Crippen molar-refractivity contribution < 1.29 is 44.4 Å². The molecule has 0 amide bonds. The van der Waals surface area contributed by atoms with Crippen molar-refractivity contribution in [1.29, 1.82) is 0 Å². The Morgan fingerprint density at radius 3 is 2.08 bits per heavy atom. The van der Waals surface area contributed by atoms with E-state index in [0.717, 1.165) is 6.20 Å². The second kappa shape index (κ2) is 5.52. The van der Waals surface area contributed by atoms with Gasteiger partial charge in [0.15, 0.2) is 0 Å². The summed E-state index contributed by atoms with van der Waals surface area (Å²) in [5.74, 6) is -19.5. The summed E-state index contributed by atoms with van der Waals surface area (Å²) >= 11 is 0. The predicted octanol–water partition coefficient (Wildman–Crippen LogP) is 4.04. The number of pyridine rings is 1. The molecule has 0 spiro atoms. The van der Waals surface area contributed by atoms with Gasteiger partial charge in [-0.05, 0) is 12.1 Å². The quantitative estimate of drug-likeness (QED) is 0.754. The average Bonchev–Trinajstić information content (AvgIpc) is 2.97. The Morgan fingerprint density at radius 2 is 1.58 bits per heavy atom. The van der Waals surface area contributed by atoms with Gasteiger partial charge in [0.2, 0.25) is 6.10 Å². The average molecular weight is 366 g/mol. The largest absolute Gasteiger partial charge is 0.460 e. The van der Waals surface area contributed by atoms with Gasteiger partial charge in [-0.2, -0.15) is 39.5 Å². The fraction of sp³-hybridized carbons (Fsp3) is 0.500. The molecule has 1 atom stereocenters. The molecule has 0 saturated heterocycles. The normalized spacial score (nSPS) is 19.9. The lowest BCUT2D eigenvalue weighted by atomic mass is 9.95. The summed E-state index contributed by atoms with van der Waals surface area (Å²) in [4.78, 5) is 7.60. The van der Waals surface area contributed by atoms with Crippen molar-refractivity contribution in [2.24, 2.45) is 5.16 Å². The topological polar surface area (TPSA) is 34.5 Å². The molecule has 12 heteroatoms. The molecule has 0 radical (unpaired) electrons. The molecule has 0 saturated carbocycles. The second-order valence-corrected chi connectivity index (χ2v) is 4.85. The molecule has 2 heterocycles. The number of alkyl halides is 9. The first kappa shape index (κ1) is 18.3. The van der Waals surface area contributed by atoms with Crippen LogP contribution in [0.1, 0.15) is 12.0 Å². The molecule has 134 valence electrons. The van der Waals surface area contributed by atoms with E-state index in [1.165, 1.54) is 18.3 Å². The van der Waals surface area contributed by atoms with Crippen LogP contribution in [0.15, 0.2) is 29.7 Å². The SMILES string of the molecule is FC(F)(F)C(F)(F)C(F)(F)C(F)(F)C1CC(c2cccnc2)=NO1. The number of hydrogen-bond donors (Lipinski definition) is 0. The highest BCUT2D eigenvalue weighted by Gasteiger charge is 2.83. The summed E-state index contributed by atoms with van der Waals surface area (Å²) in [5.41, 5.74) is -0.263. The molecule has 1 aromatic rings. The Hall–Kier alpha value is -2.01. The zero-order valence-corrected chi connectivity index (χ0v) is 11.3. The van der Waals surface area contributed by atoms with Crippen LogP contribution in [0.3, 0.4) is 0 Å². The van der Waals surface area contributed by atoms with Crippen LogP contribution in [0, 0.1) is 0 Å². The Kier molecular flexibility index (Phi) is 4.21. The van der Waals surface area contributed by atoms with Crippen LogP contribution in [-0.4, -0.2) is 40.7 Å². The van der Waals surface area contributed by atoms with E-state index in [0.29, 0.717) is 0 Å². The fourth-order valence-corrected chi connectivity index (χ4v) is 1.87. The minimum Gasteiger partial charge on any atom is -0.385 e. The van der Waals surface area contributed by atoms with Crippen LogP contribution in [-0.2, 0) is 4.84 Å². The Morgan fingerprint density at radius 1 is 0.958 bits per heavy atom. The van der Waals surface area contributed by atoms with Crippen LogP contribution in [0.4, 0.5) is 39.5 Å². The highest BCUT2D eigenvalue weighted by atomic mass is 19.4. The van der Waals surface area contributed by atoms with Gasteiger partial charge in [-0.25, -0.2) is 0 Å². The van der Waals surface area contributed by atoms with E-state index in [1.54, 1.807) is 0 Å². The Labute approximate surface area is 128 Å². The summed E-state index contributed by atoms with van der Waals surface area (Å²) in [6, 6.07) is 2.63. The molecule has 0 bridgehead atoms. The Bertz CT molecular complexity index is 627. The first-order valence-electron chi connectivity index (χ1n) is 6.15. The third kappa shape index (κ3) is 2.67. The molecule has 0 N–H and O–H groups in total. The highest BCUT2D eigenvalue weighted by molar-refractivity contribution is 6.01. The van der Waals surface area contributed by atoms with Gasteiger partial charge in [-0.15, -0.1) is 0 Å². The third-order valence-electron chi connectivity index (χ3n) is 3.24. The van der Waals surface area contributed by atoms with Crippen molar-refractivity contribution >= 4 is 5.71 Å². The maximum atomic E-state index is 13.7. The van der Waals surface area contributed by atoms with E-state index in [-0.39, 0.29) is 11.3 Å². The molecule has 1 aromatic heterocycles. The lowest BCUT2D eigenvalue weighted by Crippen LogP contribution is -2.64. The van der Waals surface area contributed by atoms with Crippen molar-refractivity contribution in [2.75, 3.05) is 0 Å². The zero-order valence-electron chi connectivity index (χ0n) is 11.3. The summed E-state index contributed by atoms with van der Waals surface area (Å²) in [6.45, 7) is 0. The molecule has 24 heavy (non-hydrogen) atoms. The van der Waals surface area contributed by atoms with E-state index in [9.17, 15) is 39.5 Å². The lowest BCUT2D eigenvalue weighted by Gasteiger charge is -2.35. The van der Waals surface area contributed by atoms with Gasteiger partial charge in [0, 0.05) is 24.4 Å². The summed E-state index contributed by atoms with van der Waals surface area (Å²) in [7, 11) is 0. The van der Waals surface area contributed by atoms with Crippen molar-refractivity contribution in [3.63, 3.8) is 0 Å². The number of nitrogens with zero attached hydrogens (tertiary/aromatic N) is 2. The van der Waals surface area contributed by atoms with Crippen LogP contribution < -0.4 is 0 Å². The lowest BCUT2D eigenvalue weighted by molar-refractivity contribution is -0.406. The number of hydrogen-bond acceptors (Lipinski definition) is 3. The molecule has 0 aliphatic carbocycles. The van der Waals surface area contributed by atoms with Crippen molar-refractivity contribution in [3.8, 4) is 0 Å². The van der Waals surface area contributed by atoms with E-state index in [4.69, 9.17) is 0 Å². The number of aromatic nitrogens is 1. The van der Waals surface area contributed by atoms with Crippen molar-refractivity contribution in [1.82, 2.24) is 4.98 Å². The van der Waals surface area contributed by atoms with Crippen LogP contribution >= 0.6 is 0 Å². The monoisotopic (exact) mass is 366 g/mol. The zero-order chi connectivity index (χ0) is 18.4. The molecular formula is C12H7F9N2O. The van der Waals surface area contributed by atoms with Gasteiger partial charge in [-0.3, -0.25) is 4.98 Å². The second-order valence-electron chi connectivity index (χ2n) is 4.85. The molecule has 1 unspecified atom stereocenters. The van der Waals surface area contributed by atoms with Gasteiger partial charge in [0.25, 0.3) is 0 Å². The molecular weight excluding hydrogens is 359 g/mol. The molecule has 0 aromatic carbocycles. The molecule has 0 fully saturated rings. The standard InChI is InChI=1S/C12H7F9N2O/c13-9(14,10(15,16)11(17,18)12(19,20)21)8-4-7(23-24-8)6-2-1-3-22-5-6/h1-3,5,8H,4H2. The Balaban J connectivity index is 2.26. The minimum atomic E-state index is -6.95. The van der Waals surface area contributed by atoms with Gasteiger partial charge in [0.1, 0.15) is 0 Å². The van der Waals surface area contributed by atoms with E-state index >= 15 is 0 Å². The molecule has 1 aliphatic rings. The van der Waals surface area contributed by atoms with Crippen LogP contribution in [0.25, 0.3) is 0 Å². The minimum absolute atomic E-state index is 0.0710.